The Morgan fingerprint density at radius 2 is 2.43 bits per heavy atom. The molecule has 5 heteroatoms. The summed E-state index contributed by atoms with van der Waals surface area (Å²) in [6, 6.07) is 0.497. The Morgan fingerprint density at radius 1 is 1.57 bits per heavy atom. The Morgan fingerprint density at radius 3 is 3.21 bits per heavy atom. The zero-order chi connectivity index (χ0) is 9.97. The monoisotopic (exact) mass is 195 g/mol. The molecule has 0 saturated carbocycles. The highest BCUT2D eigenvalue weighted by molar-refractivity contribution is 4.98. The van der Waals surface area contributed by atoms with Crippen LogP contribution in [0, 0.1) is 6.92 Å². The van der Waals surface area contributed by atoms with E-state index in [-0.39, 0.29) is 0 Å². The van der Waals surface area contributed by atoms with Crippen molar-refractivity contribution in [3.63, 3.8) is 0 Å². The van der Waals surface area contributed by atoms with Crippen LogP contribution in [0.1, 0.15) is 18.6 Å². The van der Waals surface area contributed by atoms with Gasteiger partial charge < -0.3 is 15.2 Å². The number of hydrogen-bond acceptors (Lipinski definition) is 4. The van der Waals surface area contributed by atoms with Crippen molar-refractivity contribution in [2.45, 2.75) is 33.0 Å². The van der Waals surface area contributed by atoms with Gasteiger partial charge >= 0.3 is 0 Å². The van der Waals surface area contributed by atoms with Crippen molar-refractivity contribution in [1.82, 2.24) is 25.4 Å². The van der Waals surface area contributed by atoms with Gasteiger partial charge in [0.1, 0.15) is 11.6 Å². The van der Waals surface area contributed by atoms with E-state index in [0.29, 0.717) is 6.04 Å². The van der Waals surface area contributed by atoms with Crippen LogP contribution in [-0.2, 0) is 13.1 Å². The van der Waals surface area contributed by atoms with Gasteiger partial charge in [-0.25, -0.2) is 0 Å². The number of likely N-dealkylation sites (N-methyl/N-ethyl adjacent to an activating group) is 1. The third kappa shape index (κ3) is 1.78. The molecule has 0 radical (unpaired) electrons. The molecule has 5 nitrogen and oxygen atoms in total. The summed E-state index contributed by atoms with van der Waals surface area (Å²) in [7, 11) is 0. The summed E-state index contributed by atoms with van der Waals surface area (Å²) < 4.78 is 2.19. The predicted molar refractivity (Wildman–Crippen MR) is 53.9 cm³/mol. The molecule has 1 aromatic heterocycles. The number of rotatable bonds is 3. The fraction of sp³-hybridized carbons (Fsp3) is 0.778. The average molecular weight is 195 g/mol. The van der Waals surface area contributed by atoms with Crippen molar-refractivity contribution in [2.24, 2.45) is 0 Å². The van der Waals surface area contributed by atoms with Crippen LogP contribution in [0.4, 0.5) is 0 Å². The third-order valence-electron chi connectivity index (χ3n) is 2.60. The maximum absolute atomic E-state index is 4.10. The molecule has 1 atom stereocenters. The Kier molecular flexibility index (Phi) is 2.79. The first-order valence-electron chi connectivity index (χ1n) is 5.14. The molecular weight excluding hydrogens is 178 g/mol. The molecule has 0 fully saturated rings. The molecule has 2 N–H and O–H groups in total. The van der Waals surface area contributed by atoms with Gasteiger partial charge in [-0.05, 0) is 13.5 Å². The third-order valence-corrected chi connectivity index (χ3v) is 2.60. The highest BCUT2D eigenvalue weighted by Crippen LogP contribution is 2.07. The lowest BCUT2D eigenvalue weighted by molar-refractivity contribution is 0.369. The SMILES string of the molecule is CCNCC1Cn2c(C)nnc2CN1. The van der Waals surface area contributed by atoms with Gasteiger partial charge in [0.2, 0.25) is 0 Å². The molecule has 0 spiro atoms. The summed E-state index contributed by atoms with van der Waals surface area (Å²) in [5.41, 5.74) is 0. The van der Waals surface area contributed by atoms with Crippen LogP contribution >= 0.6 is 0 Å². The lowest BCUT2D eigenvalue weighted by Crippen LogP contribution is -2.45. The van der Waals surface area contributed by atoms with Gasteiger partial charge in [-0.3, -0.25) is 0 Å². The first kappa shape index (κ1) is 9.61. The van der Waals surface area contributed by atoms with Crippen LogP contribution in [0.25, 0.3) is 0 Å². The number of aromatic nitrogens is 3. The topological polar surface area (TPSA) is 54.8 Å². The molecule has 0 aliphatic carbocycles. The van der Waals surface area contributed by atoms with E-state index in [1.54, 1.807) is 0 Å². The lowest BCUT2D eigenvalue weighted by Gasteiger charge is -2.25. The molecule has 2 rings (SSSR count). The van der Waals surface area contributed by atoms with Crippen LogP contribution in [0.15, 0.2) is 0 Å². The maximum Gasteiger partial charge on any atom is 0.147 e. The van der Waals surface area contributed by atoms with E-state index >= 15 is 0 Å². The Hall–Kier alpha value is -0.940. The molecule has 0 saturated heterocycles. The number of aryl methyl sites for hydroxylation is 1. The molecule has 2 heterocycles. The van der Waals surface area contributed by atoms with Gasteiger partial charge in [0.15, 0.2) is 0 Å². The standard InChI is InChI=1S/C9H17N5/c1-3-10-4-8-6-14-7(2)12-13-9(14)5-11-8/h8,10-11H,3-6H2,1-2H3. The summed E-state index contributed by atoms with van der Waals surface area (Å²) in [5.74, 6) is 2.07. The summed E-state index contributed by atoms with van der Waals surface area (Å²) in [6.45, 7) is 7.96. The number of hydrogen-bond donors (Lipinski definition) is 2. The van der Waals surface area contributed by atoms with Crippen LogP contribution in [-0.4, -0.2) is 33.9 Å². The number of nitrogens with zero attached hydrogens (tertiary/aromatic N) is 3. The summed E-state index contributed by atoms with van der Waals surface area (Å²) in [6.07, 6.45) is 0. The minimum Gasteiger partial charge on any atom is -0.315 e. The van der Waals surface area contributed by atoms with Gasteiger partial charge in [-0.15, -0.1) is 10.2 Å². The van der Waals surface area contributed by atoms with E-state index in [0.717, 1.165) is 37.8 Å². The normalized spacial score (nSPS) is 20.9. The Bertz CT molecular complexity index is 306. The van der Waals surface area contributed by atoms with Gasteiger partial charge in [-0.2, -0.15) is 0 Å². The van der Waals surface area contributed by atoms with Crippen molar-refractivity contribution in [3.05, 3.63) is 11.6 Å². The molecule has 1 aromatic rings. The molecular formula is C9H17N5. The van der Waals surface area contributed by atoms with Crippen LogP contribution < -0.4 is 10.6 Å². The van der Waals surface area contributed by atoms with E-state index < -0.39 is 0 Å². The van der Waals surface area contributed by atoms with Crippen molar-refractivity contribution in [2.75, 3.05) is 13.1 Å². The van der Waals surface area contributed by atoms with E-state index in [1.165, 1.54) is 0 Å². The van der Waals surface area contributed by atoms with E-state index in [2.05, 4.69) is 32.3 Å². The largest absolute Gasteiger partial charge is 0.315 e. The zero-order valence-corrected chi connectivity index (χ0v) is 8.75. The Balaban J connectivity index is 2.01. The second-order valence-corrected chi connectivity index (χ2v) is 3.66. The quantitative estimate of drug-likeness (QED) is 0.693. The molecule has 0 bridgehead atoms. The molecule has 1 unspecified atom stereocenters. The lowest BCUT2D eigenvalue weighted by atomic mass is 10.2. The fourth-order valence-electron chi connectivity index (χ4n) is 1.77. The first-order chi connectivity index (χ1) is 6.81. The highest BCUT2D eigenvalue weighted by atomic mass is 15.3. The van der Waals surface area contributed by atoms with Gasteiger partial charge in [0.25, 0.3) is 0 Å². The second-order valence-electron chi connectivity index (χ2n) is 3.66. The molecule has 0 amide bonds. The number of fused-ring (bicyclic) bond motifs is 1. The molecule has 1 aliphatic heterocycles. The van der Waals surface area contributed by atoms with Crippen molar-refractivity contribution < 1.29 is 0 Å². The predicted octanol–water partition coefficient (Wildman–Crippen LogP) is -0.332. The Labute approximate surface area is 83.9 Å². The van der Waals surface area contributed by atoms with Crippen LogP contribution in [0.5, 0.6) is 0 Å². The minimum atomic E-state index is 0.497. The second kappa shape index (κ2) is 4.06. The number of nitrogens with one attached hydrogen (secondary N) is 2. The first-order valence-corrected chi connectivity index (χ1v) is 5.14. The molecule has 1 aliphatic rings. The van der Waals surface area contributed by atoms with E-state index in [9.17, 15) is 0 Å². The summed E-state index contributed by atoms with van der Waals surface area (Å²) in [5, 5.41) is 14.9. The maximum atomic E-state index is 4.10. The van der Waals surface area contributed by atoms with Gasteiger partial charge in [-0.1, -0.05) is 6.92 Å². The van der Waals surface area contributed by atoms with Crippen LogP contribution in [0.2, 0.25) is 0 Å². The summed E-state index contributed by atoms with van der Waals surface area (Å²) >= 11 is 0. The van der Waals surface area contributed by atoms with E-state index in [1.807, 2.05) is 6.92 Å². The molecule has 14 heavy (non-hydrogen) atoms. The van der Waals surface area contributed by atoms with Gasteiger partial charge in [0, 0.05) is 19.1 Å². The minimum absolute atomic E-state index is 0.497. The zero-order valence-electron chi connectivity index (χ0n) is 8.75. The van der Waals surface area contributed by atoms with Crippen molar-refractivity contribution in [1.29, 1.82) is 0 Å². The van der Waals surface area contributed by atoms with Gasteiger partial charge in [0.05, 0.1) is 6.54 Å². The fourth-order valence-corrected chi connectivity index (χ4v) is 1.77. The highest BCUT2D eigenvalue weighted by Gasteiger charge is 2.19. The summed E-state index contributed by atoms with van der Waals surface area (Å²) in [4.78, 5) is 0. The molecule has 78 valence electrons. The van der Waals surface area contributed by atoms with E-state index in [4.69, 9.17) is 0 Å². The smallest absolute Gasteiger partial charge is 0.147 e. The molecule has 0 aromatic carbocycles. The van der Waals surface area contributed by atoms with Crippen molar-refractivity contribution >= 4 is 0 Å². The van der Waals surface area contributed by atoms with Crippen molar-refractivity contribution in [3.8, 4) is 0 Å². The average Bonchev–Trinajstić information content (AvgIpc) is 2.57. The van der Waals surface area contributed by atoms with Crippen LogP contribution in [0.3, 0.4) is 0 Å².